The first-order chi connectivity index (χ1) is 26.2. The van der Waals surface area contributed by atoms with Gasteiger partial charge in [0.05, 0.1) is 0 Å². The Labute approximate surface area is 316 Å². The zero-order chi connectivity index (χ0) is 37.3. The maximum atomic E-state index is 14.4. The minimum Gasteiger partial charge on any atom is -0.508 e. The molecular weight excluding hydrogens is 712 g/mol. The van der Waals surface area contributed by atoms with Crippen LogP contribution in [0.25, 0.3) is 0 Å². The van der Waals surface area contributed by atoms with Crippen molar-refractivity contribution in [2.75, 3.05) is 60.9 Å². The van der Waals surface area contributed by atoms with Crippen LogP contribution in [0.5, 0.6) is 5.75 Å². The Balaban J connectivity index is 0.883. The normalized spacial score (nSPS) is 19.2. The first-order valence-corrected chi connectivity index (χ1v) is 19.1. The second kappa shape index (κ2) is 15.2. The van der Waals surface area contributed by atoms with Gasteiger partial charge < -0.3 is 14.9 Å². The molecule has 0 spiro atoms. The van der Waals surface area contributed by atoms with Crippen LogP contribution in [0.2, 0.25) is 0 Å². The van der Waals surface area contributed by atoms with Crippen molar-refractivity contribution < 1.29 is 28.7 Å². The van der Waals surface area contributed by atoms with Crippen LogP contribution in [0.4, 0.5) is 25.7 Å². The number of piperazine rings is 1. The number of fused-ring (bicyclic) bond motifs is 1. The molecule has 3 aromatic carbocycles. The summed E-state index contributed by atoms with van der Waals surface area (Å²) in [4.78, 5) is 66.3. The number of benzene rings is 3. The Hall–Kier alpha value is -5.38. The number of rotatable bonds is 9. The summed E-state index contributed by atoms with van der Waals surface area (Å²) in [6.07, 6.45) is 3.81. The summed E-state index contributed by atoms with van der Waals surface area (Å²) in [7, 11) is 0. The zero-order valence-corrected chi connectivity index (χ0v) is 30.4. The molecule has 15 heteroatoms. The smallest absolute Gasteiger partial charge is 0.328 e. The van der Waals surface area contributed by atoms with E-state index in [1.807, 2.05) is 36.4 Å². The maximum Gasteiger partial charge on any atom is 0.328 e. The third-order valence-electron chi connectivity index (χ3n) is 10.9. The number of aromatic hydroxyl groups is 1. The molecule has 4 aromatic rings. The fourth-order valence-electron chi connectivity index (χ4n) is 8.09. The lowest BCUT2D eigenvalue weighted by molar-refractivity contribution is -0.121. The van der Waals surface area contributed by atoms with E-state index in [-0.39, 0.29) is 35.7 Å². The van der Waals surface area contributed by atoms with Gasteiger partial charge in [0.15, 0.2) is 5.13 Å². The quantitative estimate of drug-likeness (QED) is 0.225. The molecule has 280 valence electrons. The highest BCUT2D eigenvalue weighted by Crippen LogP contribution is 2.38. The molecule has 1 aromatic heterocycles. The van der Waals surface area contributed by atoms with E-state index >= 15 is 0 Å². The predicted molar refractivity (Wildman–Crippen MR) is 202 cm³/mol. The monoisotopic (exact) mass is 752 g/mol. The number of piperidine rings is 1. The lowest BCUT2D eigenvalue weighted by Crippen LogP contribution is -2.53. The third kappa shape index (κ3) is 7.26. The molecule has 54 heavy (non-hydrogen) atoms. The van der Waals surface area contributed by atoms with Crippen LogP contribution in [0.3, 0.4) is 0 Å². The zero-order valence-electron chi connectivity index (χ0n) is 29.6. The summed E-state index contributed by atoms with van der Waals surface area (Å²) in [6.45, 7) is 6.65. The van der Waals surface area contributed by atoms with E-state index in [9.17, 15) is 28.7 Å². The van der Waals surface area contributed by atoms with Crippen molar-refractivity contribution in [3.8, 4) is 5.75 Å². The molecule has 8 rings (SSSR count). The van der Waals surface area contributed by atoms with Gasteiger partial charge in [0.2, 0.25) is 5.91 Å². The van der Waals surface area contributed by atoms with Crippen LogP contribution < -0.4 is 20.4 Å². The van der Waals surface area contributed by atoms with Gasteiger partial charge in [0.1, 0.15) is 17.6 Å². The van der Waals surface area contributed by atoms with Crippen LogP contribution in [-0.2, 0) is 22.7 Å². The van der Waals surface area contributed by atoms with Gasteiger partial charge in [-0.3, -0.25) is 39.7 Å². The maximum absolute atomic E-state index is 14.4. The highest BCUT2D eigenvalue weighted by molar-refractivity contribution is 7.13. The SMILES string of the molecule is O=C1CCN(c2ccccc2CN2CCN(C3CCN(c4ccc5c(c4)C(=O)N(C(C(=O)Nc4nccs4)c4cc(F)ccc4O)C5)CC3)CC2)C(=O)N1. The lowest BCUT2D eigenvalue weighted by atomic mass is 10.0. The molecule has 4 aliphatic heterocycles. The van der Waals surface area contributed by atoms with Crippen molar-refractivity contribution in [3.63, 3.8) is 0 Å². The Morgan fingerprint density at radius 1 is 0.981 bits per heavy atom. The van der Waals surface area contributed by atoms with Crippen LogP contribution in [0.15, 0.2) is 72.2 Å². The number of urea groups is 1. The largest absolute Gasteiger partial charge is 0.508 e. The number of thiazole rings is 1. The molecular formula is C39H41FN8O5S. The van der Waals surface area contributed by atoms with Crippen molar-refractivity contribution in [1.29, 1.82) is 0 Å². The van der Waals surface area contributed by atoms with E-state index in [1.54, 1.807) is 16.5 Å². The molecule has 13 nitrogen and oxygen atoms in total. The van der Waals surface area contributed by atoms with Gasteiger partial charge in [-0.25, -0.2) is 14.2 Å². The molecule has 0 saturated carbocycles. The van der Waals surface area contributed by atoms with Crippen molar-refractivity contribution in [1.82, 2.24) is 25.0 Å². The standard InChI is InChI=1S/C39H41FN8O5S/c40-27-6-8-33(49)31(21-27)35(36(51)43-38-41-12-20-54-38)48-24-25-5-7-29(22-30(25)37(48)52)45-13-9-28(10-14-45)46-18-16-44(17-19-46)23-26-3-1-2-4-32(26)47-15-11-34(50)42-39(47)53/h1-8,12,20-22,28,35,49H,9-11,13-19,23-24H2,(H,41,43,51)(H,42,50,53). The van der Waals surface area contributed by atoms with Gasteiger partial charge in [-0.2, -0.15) is 0 Å². The van der Waals surface area contributed by atoms with E-state index < -0.39 is 17.8 Å². The van der Waals surface area contributed by atoms with E-state index in [0.29, 0.717) is 29.7 Å². The second-order valence-electron chi connectivity index (χ2n) is 14.1. The van der Waals surface area contributed by atoms with Gasteiger partial charge in [0, 0.05) is 105 Å². The number of phenolic OH excluding ortho intramolecular Hbond substituents is 1. The van der Waals surface area contributed by atoms with Crippen LogP contribution >= 0.6 is 11.3 Å². The molecule has 1 unspecified atom stereocenters. The van der Waals surface area contributed by atoms with Crippen LogP contribution in [-0.4, -0.2) is 100 Å². The topological polar surface area (TPSA) is 142 Å². The number of nitrogens with zero attached hydrogens (tertiary/aromatic N) is 6. The Morgan fingerprint density at radius 2 is 1.78 bits per heavy atom. The van der Waals surface area contributed by atoms with Crippen LogP contribution in [0, 0.1) is 5.82 Å². The molecule has 5 amide bonds. The average Bonchev–Trinajstić information content (AvgIpc) is 3.81. The number of amides is 5. The molecule has 3 saturated heterocycles. The van der Waals surface area contributed by atoms with Crippen molar-refractivity contribution >= 4 is 51.6 Å². The summed E-state index contributed by atoms with van der Waals surface area (Å²) in [5.41, 5.74) is 4.11. The minimum atomic E-state index is -1.28. The highest BCUT2D eigenvalue weighted by Gasteiger charge is 2.40. The second-order valence-corrected chi connectivity index (χ2v) is 15.0. The predicted octanol–water partition coefficient (Wildman–Crippen LogP) is 4.56. The van der Waals surface area contributed by atoms with E-state index in [0.717, 1.165) is 93.3 Å². The summed E-state index contributed by atoms with van der Waals surface area (Å²) in [5.74, 6) is -2.10. The fourth-order valence-corrected chi connectivity index (χ4v) is 8.62. The Kier molecular flexibility index (Phi) is 10.0. The van der Waals surface area contributed by atoms with Crippen LogP contribution in [0.1, 0.15) is 52.4 Å². The summed E-state index contributed by atoms with van der Waals surface area (Å²) in [5, 5.41) is 17.9. The first-order valence-electron chi connectivity index (χ1n) is 18.2. The number of imide groups is 1. The fraction of sp³-hybridized carbons (Fsp3) is 0.359. The van der Waals surface area contributed by atoms with Crippen molar-refractivity contribution in [2.24, 2.45) is 0 Å². The molecule has 0 bridgehead atoms. The number of aromatic nitrogens is 1. The molecule has 3 N–H and O–H groups in total. The highest BCUT2D eigenvalue weighted by atomic mass is 32.1. The number of carbonyl (C=O) groups excluding carboxylic acids is 4. The van der Waals surface area contributed by atoms with Crippen molar-refractivity contribution in [2.45, 2.75) is 44.4 Å². The number of phenols is 1. The summed E-state index contributed by atoms with van der Waals surface area (Å²) >= 11 is 1.22. The Morgan fingerprint density at radius 3 is 2.54 bits per heavy atom. The van der Waals surface area contributed by atoms with Gasteiger partial charge in [-0.15, -0.1) is 11.3 Å². The average molecular weight is 753 g/mol. The number of halogens is 1. The molecule has 0 radical (unpaired) electrons. The first kappa shape index (κ1) is 35.6. The third-order valence-corrected chi connectivity index (χ3v) is 11.6. The number of carbonyl (C=O) groups is 4. The van der Waals surface area contributed by atoms with E-state index in [2.05, 4.69) is 36.4 Å². The summed E-state index contributed by atoms with van der Waals surface area (Å²) < 4.78 is 14.4. The number of hydrogen-bond acceptors (Lipinski definition) is 10. The lowest BCUT2D eigenvalue weighted by Gasteiger charge is -2.43. The van der Waals surface area contributed by atoms with Gasteiger partial charge in [0.25, 0.3) is 11.8 Å². The van der Waals surface area contributed by atoms with Gasteiger partial charge >= 0.3 is 6.03 Å². The van der Waals surface area contributed by atoms with Gasteiger partial charge in [-0.1, -0.05) is 24.3 Å². The molecule has 0 aliphatic carbocycles. The summed E-state index contributed by atoms with van der Waals surface area (Å²) in [6, 6.07) is 15.9. The van der Waals surface area contributed by atoms with Gasteiger partial charge in [-0.05, 0) is 60.4 Å². The number of hydrogen-bond donors (Lipinski definition) is 3. The van der Waals surface area contributed by atoms with E-state index in [1.165, 1.54) is 22.3 Å². The molecule has 4 aliphatic rings. The molecule has 5 heterocycles. The van der Waals surface area contributed by atoms with E-state index in [4.69, 9.17) is 0 Å². The van der Waals surface area contributed by atoms with Crippen molar-refractivity contribution in [3.05, 3.63) is 100 Å². The Bertz CT molecular complexity index is 2070. The molecule has 1 atom stereocenters. The number of nitrogens with one attached hydrogen (secondary N) is 2. The number of anilines is 3. The number of para-hydroxylation sites is 1. The molecule has 3 fully saturated rings. The minimum absolute atomic E-state index is 0.00314.